The van der Waals surface area contributed by atoms with E-state index in [9.17, 15) is 8.42 Å². The van der Waals surface area contributed by atoms with Crippen molar-refractivity contribution in [3.63, 3.8) is 0 Å². The summed E-state index contributed by atoms with van der Waals surface area (Å²) in [6.07, 6.45) is 0. The van der Waals surface area contributed by atoms with Gasteiger partial charge in [0.2, 0.25) is 10.0 Å². The Morgan fingerprint density at radius 1 is 1.14 bits per heavy atom. The summed E-state index contributed by atoms with van der Waals surface area (Å²) in [6, 6.07) is 12.4. The Kier molecular flexibility index (Phi) is 4.03. The monoisotopic (exact) mass is 383 g/mol. The Hall–Kier alpha value is -1.35. The van der Waals surface area contributed by atoms with E-state index < -0.39 is 10.0 Å². The standard InChI is InChI=1S/C13H10BrN3O2S2/c14-10-4-1-3-9(7-10)8-15-21(18,19)12-6-2-5-11-13(12)17-20-16-11/h1-7,15H,8H2. The smallest absolute Gasteiger partial charge is 0.207 e. The number of nitrogens with one attached hydrogen (secondary N) is 1. The molecule has 0 aliphatic heterocycles. The van der Waals surface area contributed by atoms with Crippen molar-refractivity contribution < 1.29 is 8.42 Å². The summed E-state index contributed by atoms with van der Waals surface area (Å²) in [7, 11) is -3.63. The van der Waals surface area contributed by atoms with Crippen molar-refractivity contribution >= 4 is 48.7 Å². The Morgan fingerprint density at radius 3 is 2.76 bits per heavy atom. The van der Waals surface area contributed by atoms with E-state index >= 15 is 0 Å². The van der Waals surface area contributed by atoms with Gasteiger partial charge in [-0.25, -0.2) is 13.1 Å². The maximum Gasteiger partial charge on any atom is 0.243 e. The highest BCUT2D eigenvalue weighted by atomic mass is 79.9. The number of fused-ring (bicyclic) bond motifs is 1. The number of nitrogens with zero attached hydrogens (tertiary/aromatic N) is 2. The first-order valence-corrected chi connectivity index (χ1v) is 9.02. The van der Waals surface area contributed by atoms with Gasteiger partial charge in [-0.1, -0.05) is 34.1 Å². The normalized spacial score (nSPS) is 11.9. The zero-order chi connectivity index (χ0) is 14.9. The molecule has 0 aliphatic rings. The molecule has 5 nitrogen and oxygen atoms in total. The number of benzene rings is 2. The lowest BCUT2D eigenvalue weighted by Gasteiger charge is -2.07. The quantitative estimate of drug-likeness (QED) is 0.751. The van der Waals surface area contributed by atoms with Gasteiger partial charge in [-0.3, -0.25) is 0 Å². The molecule has 0 fully saturated rings. The molecule has 0 unspecified atom stereocenters. The highest BCUT2D eigenvalue weighted by Crippen LogP contribution is 2.21. The molecule has 0 aliphatic carbocycles. The van der Waals surface area contributed by atoms with Gasteiger partial charge in [0.05, 0.1) is 11.7 Å². The van der Waals surface area contributed by atoms with Crippen molar-refractivity contribution in [1.29, 1.82) is 0 Å². The van der Waals surface area contributed by atoms with Crippen molar-refractivity contribution in [3.8, 4) is 0 Å². The molecule has 1 aromatic heterocycles. The van der Waals surface area contributed by atoms with Crippen LogP contribution in [0.5, 0.6) is 0 Å². The molecule has 2 aromatic carbocycles. The highest BCUT2D eigenvalue weighted by molar-refractivity contribution is 9.10. The lowest BCUT2D eigenvalue weighted by atomic mass is 10.2. The molecule has 0 saturated carbocycles. The molecule has 108 valence electrons. The summed E-state index contributed by atoms with van der Waals surface area (Å²) < 4.78 is 36.4. The van der Waals surface area contributed by atoms with Crippen LogP contribution in [0.2, 0.25) is 0 Å². The first-order valence-electron chi connectivity index (χ1n) is 6.02. The van der Waals surface area contributed by atoms with E-state index in [1.807, 2.05) is 24.3 Å². The van der Waals surface area contributed by atoms with Gasteiger partial charge in [0.1, 0.15) is 15.9 Å². The van der Waals surface area contributed by atoms with Crippen molar-refractivity contribution in [2.45, 2.75) is 11.4 Å². The lowest BCUT2D eigenvalue weighted by Crippen LogP contribution is -2.23. The highest BCUT2D eigenvalue weighted by Gasteiger charge is 2.19. The zero-order valence-electron chi connectivity index (χ0n) is 10.7. The molecule has 3 aromatic rings. The number of rotatable bonds is 4. The van der Waals surface area contributed by atoms with E-state index in [4.69, 9.17) is 0 Å². The van der Waals surface area contributed by atoms with Gasteiger partial charge < -0.3 is 0 Å². The van der Waals surface area contributed by atoms with Crippen LogP contribution in [0, 0.1) is 0 Å². The average Bonchev–Trinajstić information content (AvgIpc) is 2.93. The molecule has 3 rings (SSSR count). The van der Waals surface area contributed by atoms with E-state index in [2.05, 4.69) is 29.4 Å². The van der Waals surface area contributed by atoms with Crippen molar-refractivity contribution in [3.05, 3.63) is 52.5 Å². The fraction of sp³-hybridized carbons (Fsp3) is 0.0769. The number of sulfonamides is 1. The minimum Gasteiger partial charge on any atom is -0.207 e. The molecule has 0 amide bonds. The molecular formula is C13H10BrN3O2S2. The van der Waals surface area contributed by atoms with Gasteiger partial charge in [0.15, 0.2) is 0 Å². The first-order chi connectivity index (χ1) is 10.1. The number of hydrogen-bond donors (Lipinski definition) is 1. The Labute approximate surface area is 134 Å². The predicted octanol–water partition coefficient (Wildman–Crippen LogP) is 2.93. The molecule has 0 saturated heterocycles. The lowest BCUT2D eigenvalue weighted by molar-refractivity contribution is 0.582. The van der Waals surface area contributed by atoms with E-state index in [-0.39, 0.29) is 11.4 Å². The minimum atomic E-state index is -3.63. The molecule has 0 bridgehead atoms. The van der Waals surface area contributed by atoms with E-state index in [1.54, 1.807) is 12.1 Å². The third kappa shape index (κ3) is 3.13. The summed E-state index contributed by atoms with van der Waals surface area (Å²) in [5.41, 5.74) is 1.87. The Balaban J connectivity index is 1.89. The SMILES string of the molecule is O=S(=O)(NCc1cccc(Br)c1)c1cccc2nsnc12. The molecule has 0 radical (unpaired) electrons. The van der Waals surface area contributed by atoms with Gasteiger partial charge in [0.25, 0.3) is 0 Å². The van der Waals surface area contributed by atoms with E-state index in [1.165, 1.54) is 6.07 Å². The second kappa shape index (κ2) is 5.80. The van der Waals surface area contributed by atoms with Crippen molar-refractivity contribution in [2.24, 2.45) is 0 Å². The van der Waals surface area contributed by atoms with Crippen LogP contribution in [0.3, 0.4) is 0 Å². The Bertz CT molecular complexity index is 893. The zero-order valence-corrected chi connectivity index (χ0v) is 13.9. The summed E-state index contributed by atoms with van der Waals surface area (Å²) in [6.45, 7) is 0.218. The van der Waals surface area contributed by atoms with Crippen molar-refractivity contribution in [1.82, 2.24) is 13.5 Å². The van der Waals surface area contributed by atoms with E-state index in [0.29, 0.717) is 11.0 Å². The summed E-state index contributed by atoms with van der Waals surface area (Å²) in [5, 5.41) is 0. The van der Waals surface area contributed by atoms with Gasteiger partial charge in [-0.15, -0.1) is 0 Å². The average molecular weight is 384 g/mol. The van der Waals surface area contributed by atoms with Crippen LogP contribution in [0.1, 0.15) is 5.56 Å². The molecule has 8 heteroatoms. The Morgan fingerprint density at radius 2 is 1.95 bits per heavy atom. The fourth-order valence-corrected chi connectivity index (χ4v) is 4.13. The van der Waals surface area contributed by atoms with Crippen LogP contribution in [0.4, 0.5) is 0 Å². The summed E-state index contributed by atoms with van der Waals surface area (Å²) in [4.78, 5) is 0.156. The number of aromatic nitrogens is 2. The van der Waals surface area contributed by atoms with Gasteiger partial charge >= 0.3 is 0 Å². The van der Waals surface area contributed by atoms with Crippen LogP contribution >= 0.6 is 27.7 Å². The van der Waals surface area contributed by atoms with Gasteiger partial charge in [-0.05, 0) is 29.8 Å². The molecule has 21 heavy (non-hydrogen) atoms. The summed E-state index contributed by atoms with van der Waals surface area (Å²) in [5.74, 6) is 0. The number of halogens is 1. The fourth-order valence-electron chi connectivity index (χ4n) is 1.90. The second-order valence-electron chi connectivity index (χ2n) is 4.34. The largest absolute Gasteiger partial charge is 0.243 e. The third-order valence-corrected chi connectivity index (χ3v) is 5.36. The van der Waals surface area contributed by atoms with Crippen LogP contribution in [-0.2, 0) is 16.6 Å². The van der Waals surface area contributed by atoms with E-state index in [0.717, 1.165) is 21.8 Å². The first kappa shape index (κ1) is 14.6. The predicted molar refractivity (Wildman–Crippen MR) is 85.6 cm³/mol. The van der Waals surface area contributed by atoms with Crippen LogP contribution in [0.15, 0.2) is 51.8 Å². The maximum atomic E-state index is 12.4. The van der Waals surface area contributed by atoms with Crippen LogP contribution < -0.4 is 4.72 Å². The molecular weight excluding hydrogens is 374 g/mol. The topological polar surface area (TPSA) is 72.0 Å². The third-order valence-electron chi connectivity index (χ3n) is 2.89. The molecule has 0 spiro atoms. The number of hydrogen-bond acceptors (Lipinski definition) is 5. The maximum absolute atomic E-state index is 12.4. The minimum absolute atomic E-state index is 0.156. The molecule has 0 atom stereocenters. The molecule has 1 N–H and O–H groups in total. The second-order valence-corrected chi connectivity index (χ2v) is 7.52. The van der Waals surface area contributed by atoms with Crippen LogP contribution in [0.25, 0.3) is 11.0 Å². The van der Waals surface area contributed by atoms with Gasteiger partial charge in [0, 0.05) is 11.0 Å². The molecule has 1 heterocycles. The summed E-state index contributed by atoms with van der Waals surface area (Å²) >= 11 is 4.36. The van der Waals surface area contributed by atoms with Gasteiger partial charge in [-0.2, -0.15) is 8.75 Å². The van der Waals surface area contributed by atoms with Crippen molar-refractivity contribution in [2.75, 3.05) is 0 Å². The van der Waals surface area contributed by atoms with Crippen LogP contribution in [-0.4, -0.2) is 17.2 Å².